The van der Waals surface area contributed by atoms with E-state index in [2.05, 4.69) is 11.5 Å². The minimum atomic E-state index is -1.27. The molecule has 0 saturated carbocycles. The maximum absolute atomic E-state index is 9.00. The molecule has 0 rings (SSSR count). The molecular formula is C6H14N2O3. The molecular weight excluding hydrogens is 148 g/mol. The Kier molecular flexibility index (Phi) is 8.06. The fraction of sp³-hybridized carbons (Fsp3) is 0.500. The van der Waals surface area contributed by atoms with Crippen LogP contribution in [0, 0.1) is 0 Å². The van der Waals surface area contributed by atoms with Gasteiger partial charge in [0.05, 0.1) is 0 Å². The van der Waals surface area contributed by atoms with Crippen LogP contribution in [0.15, 0.2) is 11.6 Å². The van der Waals surface area contributed by atoms with Crippen LogP contribution < -0.4 is 11.5 Å². The lowest BCUT2D eigenvalue weighted by atomic mass is 10.3. The summed E-state index contributed by atoms with van der Waals surface area (Å²) >= 11 is 0. The van der Waals surface area contributed by atoms with Crippen LogP contribution in [0.5, 0.6) is 0 Å². The van der Waals surface area contributed by atoms with Crippen LogP contribution in [-0.2, 0) is 0 Å². The second-order valence-electron chi connectivity index (χ2n) is 1.81. The van der Waals surface area contributed by atoms with E-state index in [0.717, 1.165) is 0 Å². The Bertz CT molecular complexity index is 139. The van der Waals surface area contributed by atoms with Gasteiger partial charge in [-0.25, -0.2) is 4.79 Å². The Morgan fingerprint density at radius 1 is 1.45 bits per heavy atom. The lowest BCUT2D eigenvalue weighted by Gasteiger charge is -1.98. The number of aliphatic hydroxyl groups excluding tert-OH is 1. The standard InChI is InChI=1S/C5H10O2.CH4N2O/c1-3-4(2)5(6)7;2-1(3)4/h3,5-7H,1-2H3;(H4,2,3,4). The summed E-state index contributed by atoms with van der Waals surface area (Å²) in [5.41, 5.74) is 9.08. The van der Waals surface area contributed by atoms with E-state index in [1.165, 1.54) is 0 Å². The number of hydrogen-bond acceptors (Lipinski definition) is 3. The van der Waals surface area contributed by atoms with Gasteiger partial charge in [-0.1, -0.05) is 6.08 Å². The zero-order valence-corrected chi connectivity index (χ0v) is 6.61. The Labute approximate surface area is 65.3 Å². The number of amides is 2. The Morgan fingerprint density at radius 3 is 1.73 bits per heavy atom. The van der Waals surface area contributed by atoms with Crippen LogP contribution in [0.3, 0.4) is 0 Å². The van der Waals surface area contributed by atoms with Gasteiger partial charge in [0, 0.05) is 0 Å². The van der Waals surface area contributed by atoms with Gasteiger partial charge in [0.15, 0.2) is 6.29 Å². The number of carbonyl (C=O) groups excluding carboxylic acids is 1. The third-order valence-corrected chi connectivity index (χ3v) is 0.863. The third kappa shape index (κ3) is 17.6. The van der Waals surface area contributed by atoms with E-state index < -0.39 is 12.3 Å². The van der Waals surface area contributed by atoms with Crippen LogP contribution in [0.4, 0.5) is 4.79 Å². The molecule has 0 aromatic rings. The van der Waals surface area contributed by atoms with Crippen LogP contribution in [0.25, 0.3) is 0 Å². The van der Waals surface area contributed by atoms with Gasteiger partial charge in [-0.3, -0.25) is 0 Å². The van der Waals surface area contributed by atoms with Gasteiger partial charge in [-0.2, -0.15) is 0 Å². The lowest BCUT2D eigenvalue weighted by molar-refractivity contribution is -0.00774. The number of carbonyl (C=O) groups is 1. The zero-order valence-electron chi connectivity index (χ0n) is 6.61. The molecule has 0 fully saturated rings. The van der Waals surface area contributed by atoms with E-state index >= 15 is 0 Å². The van der Waals surface area contributed by atoms with Gasteiger partial charge in [0.2, 0.25) is 0 Å². The molecule has 0 heterocycles. The van der Waals surface area contributed by atoms with E-state index in [-0.39, 0.29) is 0 Å². The second kappa shape index (κ2) is 7.04. The summed E-state index contributed by atoms with van der Waals surface area (Å²) in [6.45, 7) is 3.42. The molecule has 2 amide bonds. The van der Waals surface area contributed by atoms with Crippen molar-refractivity contribution in [1.29, 1.82) is 0 Å². The van der Waals surface area contributed by atoms with Gasteiger partial charge >= 0.3 is 6.03 Å². The third-order valence-electron chi connectivity index (χ3n) is 0.863. The van der Waals surface area contributed by atoms with Gasteiger partial charge in [0.25, 0.3) is 0 Å². The number of rotatable bonds is 1. The maximum Gasteiger partial charge on any atom is 0.309 e. The number of allylic oxidation sites excluding steroid dienone is 1. The van der Waals surface area contributed by atoms with Crippen molar-refractivity contribution in [3.05, 3.63) is 11.6 Å². The SMILES string of the molecule is CC=C(C)C(O)O.NC(N)=O. The van der Waals surface area contributed by atoms with Crippen LogP contribution in [-0.4, -0.2) is 22.5 Å². The minimum absolute atomic E-state index is 0.583. The van der Waals surface area contributed by atoms with E-state index in [1.54, 1.807) is 19.9 Å². The Morgan fingerprint density at radius 2 is 1.73 bits per heavy atom. The first-order valence-corrected chi connectivity index (χ1v) is 2.95. The molecule has 11 heavy (non-hydrogen) atoms. The highest BCUT2D eigenvalue weighted by molar-refractivity contribution is 5.69. The molecule has 0 aliphatic heterocycles. The first kappa shape index (κ1) is 12.6. The molecule has 0 aliphatic rings. The lowest BCUT2D eigenvalue weighted by Crippen LogP contribution is -2.18. The van der Waals surface area contributed by atoms with Crippen LogP contribution >= 0.6 is 0 Å². The van der Waals surface area contributed by atoms with Crippen molar-refractivity contribution in [2.75, 3.05) is 0 Å². The fourth-order valence-electron chi connectivity index (χ4n) is 0.149. The molecule has 0 bridgehead atoms. The normalized spacial score (nSPS) is 10.5. The average molecular weight is 162 g/mol. The number of primary amides is 2. The molecule has 0 aromatic heterocycles. The van der Waals surface area contributed by atoms with Crippen molar-refractivity contribution in [2.45, 2.75) is 20.1 Å². The predicted octanol–water partition coefficient (Wildman–Crippen LogP) is -0.713. The topological polar surface area (TPSA) is 110 Å². The van der Waals surface area contributed by atoms with E-state index in [1.807, 2.05) is 0 Å². The first-order chi connectivity index (χ1) is 4.91. The summed E-state index contributed by atoms with van der Waals surface area (Å²) in [6.07, 6.45) is 0.384. The van der Waals surface area contributed by atoms with Gasteiger partial charge in [0.1, 0.15) is 0 Å². The van der Waals surface area contributed by atoms with Crippen molar-refractivity contribution in [3.63, 3.8) is 0 Å². The molecule has 6 N–H and O–H groups in total. The summed E-state index contributed by atoms with van der Waals surface area (Å²) in [5.74, 6) is 0. The van der Waals surface area contributed by atoms with Gasteiger partial charge < -0.3 is 21.7 Å². The Hall–Kier alpha value is -1.07. The van der Waals surface area contributed by atoms with Gasteiger partial charge in [-0.05, 0) is 19.4 Å². The van der Waals surface area contributed by atoms with E-state index in [0.29, 0.717) is 5.57 Å². The van der Waals surface area contributed by atoms with Crippen molar-refractivity contribution in [1.82, 2.24) is 0 Å². The Balaban J connectivity index is 0. The van der Waals surface area contributed by atoms with Gasteiger partial charge in [-0.15, -0.1) is 0 Å². The molecule has 0 spiro atoms. The molecule has 0 aliphatic carbocycles. The highest BCUT2D eigenvalue weighted by Crippen LogP contribution is 1.94. The molecule has 66 valence electrons. The van der Waals surface area contributed by atoms with Crippen molar-refractivity contribution in [2.24, 2.45) is 11.5 Å². The molecule has 5 nitrogen and oxygen atoms in total. The average Bonchev–Trinajstić information content (AvgIpc) is 1.85. The summed E-state index contributed by atoms with van der Waals surface area (Å²) in [5, 5.41) is 16.6. The quantitative estimate of drug-likeness (QED) is 0.302. The molecule has 0 radical (unpaired) electrons. The van der Waals surface area contributed by atoms with Crippen molar-refractivity contribution < 1.29 is 15.0 Å². The zero-order chi connectivity index (χ0) is 9.44. The van der Waals surface area contributed by atoms with Crippen molar-refractivity contribution >= 4 is 6.03 Å². The fourth-order valence-corrected chi connectivity index (χ4v) is 0.149. The number of urea groups is 1. The number of nitrogens with two attached hydrogens (primary N) is 2. The van der Waals surface area contributed by atoms with E-state index in [9.17, 15) is 0 Å². The second-order valence-corrected chi connectivity index (χ2v) is 1.81. The predicted molar refractivity (Wildman–Crippen MR) is 41.4 cm³/mol. The molecule has 0 unspecified atom stereocenters. The van der Waals surface area contributed by atoms with Crippen LogP contribution in [0.2, 0.25) is 0 Å². The maximum atomic E-state index is 9.00. The summed E-state index contributed by atoms with van der Waals surface area (Å²) in [6, 6.07) is -0.833. The summed E-state index contributed by atoms with van der Waals surface area (Å²) < 4.78 is 0. The molecule has 5 heteroatoms. The summed E-state index contributed by atoms with van der Waals surface area (Å²) in [4.78, 5) is 9.00. The monoisotopic (exact) mass is 162 g/mol. The number of aliphatic hydroxyl groups is 2. The molecule has 0 saturated heterocycles. The highest BCUT2D eigenvalue weighted by Gasteiger charge is 1.94. The molecule has 0 aromatic carbocycles. The highest BCUT2D eigenvalue weighted by atomic mass is 16.5. The van der Waals surface area contributed by atoms with E-state index in [4.69, 9.17) is 15.0 Å². The summed E-state index contributed by atoms with van der Waals surface area (Å²) in [7, 11) is 0. The van der Waals surface area contributed by atoms with Crippen molar-refractivity contribution in [3.8, 4) is 0 Å². The molecule has 0 atom stereocenters. The first-order valence-electron chi connectivity index (χ1n) is 2.95. The number of hydrogen-bond donors (Lipinski definition) is 4. The largest absolute Gasteiger partial charge is 0.365 e. The minimum Gasteiger partial charge on any atom is -0.365 e. The smallest absolute Gasteiger partial charge is 0.309 e. The van der Waals surface area contributed by atoms with Crippen LogP contribution in [0.1, 0.15) is 13.8 Å².